The topological polar surface area (TPSA) is 125 Å². The third-order valence-corrected chi connectivity index (χ3v) is 2.99. The van der Waals surface area contributed by atoms with Crippen LogP contribution in [0.1, 0.15) is 28.4 Å². The number of azide groups is 1. The molecule has 0 amide bonds. The highest BCUT2D eigenvalue weighted by atomic mass is 16.5. The molecule has 8 heteroatoms. The zero-order valence-corrected chi connectivity index (χ0v) is 11.8. The molecule has 0 radical (unpaired) electrons. The average molecular weight is 295 g/mol. The van der Waals surface area contributed by atoms with Gasteiger partial charge in [-0.2, -0.15) is 0 Å². The van der Waals surface area contributed by atoms with Crippen molar-refractivity contribution in [1.82, 2.24) is 0 Å². The van der Waals surface area contributed by atoms with Crippen LogP contribution in [0, 0.1) is 0 Å². The van der Waals surface area contributed by atoms with Crippen LogP contribution >= 0.6 is 0 Å². The summed E-state index contributed by atoms with van der Waals surface area (Å²) in [5.41, 5.74) is 8.58. The van der Waals surface area contributed by atoms with E-state index in [1.807, 2.05) is 0 Å². The number of rotatable bonds is 8. The highest BCUT2D eigenvalue weighted by Crippen LogP contribution is 2.34. The van der Waals surface area contributed by atoms with E-state index < -0.39 is 12.2 Å². The SMILES string of the molecule is COc1cc(C=O)c(C(O)C(O)CCN=[N+]=[N-])cc1OC. The van der Waals surface area contributed by atoms with Crippen LogP contribution in [-0.4, -0.2) is 43.4 Å². The first-order valence-corrected chi connectivity index (χ1v) is 6.17. The minimum absolute atomic E-state index is 0.0401. The van der Waals surface area contributed by atoms with Crippen LogP contribution in [-0.2, 0) is 0 Å². The molecular weight excluding hydrogens is 278 g/mol. The largest absolute Gasteiger partial charge is 0.493 e. The molecule has 114 valence electrons. The molecule has 0 aliphatic rings. The van der Waals surface area contributed by atoms with Gasteiger partial charge in [0.2, 0.25) is 0 Å². The standard InChI is InChI=1S/C13H17N3O5/c1-20-11-5-8(7-17)9(6-12(11)21-2)13(19)10(18)3-4-15-16-14/h5-7,10,13,18-19H,3-4H2,1-2H3. The summed E-state index contributed by atoms with van der Waals surface area (Å²) in [6, 6.07) is 2.86. The Hall–Kier alpha value is -2.28. The van der Waals surface area contributed by atoms with Crippen LogP contribution in [0.3, 0.4) is 0 Å². The van der Waals surface area contributed by atoms with Gasteiger partial charge in [-0.1, -0.05) is 5.11 Å². The number of aliphatic hydroxyl groups is 2. The molecule has 0 aromatic heterocycles. The lowest BCUT2D eigenvalue weighted by atomic mass is 9.97. The Bertz CT molecular complexity index is 543. The molecular formula is C13H17N3O5. The number of carbonyl (C=O) groups excluding carboxylic acids is 1. The molecule has 0 aliphatic heterocycles. The second kappa shape index (κ2) is 8.11. The quantitative estimate of drug-likeness (QED) is 0.326. The van der Waals surface area contributed by atoms with Gasteiger partial charge in [0.05, 0.1) is 20.3 Å². The number of benzene rings is 1. The van der Waals surface area contributed by atoms with Crippen LogP contribution in [0.5, 0.6) is 11.5 Å². The fourth-order valence-corrected chi connectivity index (χ4v) is 1.87. The summed E-state index contributed by atoms with van der Waals surface area (Å²) in [7, 11) is 2.85. The summed E-state index contributed by atoms with van der Waals surface area (Å²) in [4.78, 5) is 13.7. The fourth-order valence-electron chi connectivity index (χ4n) is 1.87. The van der Waals surface area contributed by atoms with E-state index in [0.29, 0.717) is 17.8 Å². The molecule has 0 saturated heterocycles. The van der Waals surface area contributed by atoms with E-state index >= 15 is 0 Å². The van der Waals surface area contributed by atoms with Crippen LogP contribution in [0.15, 0.2) is 17.2 Å². The van der Waals surface area contributed by atoms with Crippen molar-refractivity contribution in [2.45, 2.75) is 18.6 Å². The Morgan fingerprint density at radius 3 is 2.48 bits per heavy atom. The van der Waals surface area contributed by atoms with Gasteiger partial charge in [0.25, 0.3) is 0 Å². The summed E-state index contributed by atoms with van der Waals surface area (Å²) in [6.07, 6.45) is -1.86. The number of methoxy groups -OCH3 is 2. The first-order chi connectivity index (χ1) is 10.1. The Balaban J connectivity index is 3.09. The third kappa shape index (κ3) is 4.09. The van der Waals surface area contributed by atoms with Crippen molar-refractivity contribution in [1.29, 1.82) is 0 Å². The smallest absolute Gasteiger partial charge is 0.161 e. The lowest BCUT2D eigenvalue weighted by Crippen LogP contribution is -2.20. The Morgan fingerprint density at radius 1 is 1.33 bits per heavy atom. The molecule has 1 aromatic carbocycles. The lowest BCUT2D eigenvalue weighted by molar-refractivity contribution is 0.0146. The molecule has 0 spiro atoms. The van der Waals surface area contributed by atoms with Crippen LogP contribution in [0.25, 0.3) is 10.4 Å². The first-order valence-electron chi connectivity index (χ1n) is 6.17. The van der Waals surface area contributed by atoms with E-state index in [0.717, 1.165) is 0 Å². The average Bonchev–Trinajstić information content (AvgIpc) is 2.52. The van der Waals surface area contributed by atoms with Gasteiger partial charge in [-0.15, -0.1) is 0 Å². The molecule has 0 bridgehead atoms. The number of aldehydes is 1. The Kier molecular flexibility index (Phi) is 6.48. The van der Waals surface area contributed by atoms with Gasteiger partial charge in [-0.25, -0.2) is 0 Å². The molecule has 0 fully saturated rings. The van der Waals surface area contributed by atoms with Crippen molar-refractivity contribution in [2.75, 3.05) is 20.8 Å². The molecule has 2 unspecified atom stereocenters. The molecule has 21 heavy (non-hydrogen) atoms. The molecule has 8 nitrogen and oxygen atoms in total. The molecule has 2 N–H and O–H groups in total. The van der Waals surface area contributed by atoms with Gasteiger partial charge in [0.15, 0.2) is 17.8 Å². The second-order valence-electron chi connectivity index (χ2n) is 4.21. The number of hydrogen-bond donors (Lipinski definition) is 2. The Morgan fingerprint density at radius 2 is 1.95 bits per heavy atom. The van der Waals surface area contributed by atoms with E-state index in [9.17, 15) is 15.0 Å². The van der Waals surface area contributed by atoms with Crippen LogP contribution < -0.4 is 9.47 Å². The molecule has 0 aliphatic carbocycles. The number of carbonyl (C=O) groups is 1. The van der Waals surface area contributed by atoms with Gasteiger partial charge in [0.1, 0.15) is 6.10 Å². The molecule has 0 saturated carbocycles. The molecule has 2 atom stereocenters. The predicted octanol–water partition coefficient (Wildman–Crippen LogP) is 1.61. The van der Waals surface area contributed by atoms with Gasteiger partial charge < -0.3 is 19.7 Å². The minimum Gasteiger partial charge on any atom is -0.493 e. The number of nitrogens with zero attached hydrogens (tertiary/aromatic N) is 3. The van der Waals surface area contributed by atoms with Gasteiger partial charge in [-0.3, -0.25) is 4.79 Å². The highest BCUT2D eigenvalue weighted by molar-refractivity contribution is 5.79. The van der Waals surface area contributed by atoms with E-state index in [1.165, 1.54) is 26.4 Å². The van der Waals surface area contributed by atoms with Crippen molar-refractivity contribution in [3.63, 3.8) is 0 Å². The van der Waals surface area contributed by atoms with Crippen molar-refractivity contribution in [2.24, 2.45) is 5.11 Å². The maximum absolute atomic E-state index is 11.1. The summed E-state index contributed by atoms with van der Waals surface area (Å²) in [5.74, 6) is 0.679. The molecule has 1 rings (SSSR count). The Labute approximate surface area is 121 Å². The number of ether oxygens (including phenoxy) is 2. The molecule has 1 aromatic rings. The minimum atomic E-state index is -1.31. The second-order valence-corrected chi connectivity index (χ2v) is 4.21. The zero-order chi connectivity index (χ0) is 15.8. The van der Waals surface area contributed by atoms with Gasteiger partial charge >= 0.3 is 0 Å². The highest BCUT2D eigenvalue weighted by Gasteiger charge is 2.23. The van der Waals surface area contributed by atoms with Crippen molar-refractivity contribution >= 4 is 6.29 Å². The summed E-state index contributed by atoms with van der Waals surface area (Å²) >= 11 is 0. The van der Waals surface area contributed by atoms with E-state index in [1.54, 1.807) is 0 Å². The van der Waals surface area contributed by atoms with Crippen molar-refractivity contribution < 1.29 is 24.5 Å². The normalized spacial score (nSPS) is 13.0. The predicted molar refractivity (Wildman–Crippen MR) is 74.5 cm³/mol. The van der Waals surface area contributed by atoms with Crippen molar-refractivity contribution in [3.8, 4) is 11.5 Å². The van der Waals surface area contributed by atoms with Gasteiger partial charge in [0, 0.05) is 17.0 Å². The fraction of sp³-hybridized carbons (Fsp3) is 0.462. The maximum Gasteiger partial charge on any atom is 0.161 e. The first kappa shape index (κ1) is 16.8. The third-order valence-electron chi connectivity index (χ3n) is 2.99. The monoisotopic (exact) mass is 295 g/mol. The zero-order valence-electron chi connectivity index (χ0n) is 11.8. The van der Waals surface area contributed by atoms with Crippen LogP contribution in [0.2, 0.25) is 0 Å². The summed E-state index contributed by atoms with van der Waals surface area (Å²) in [5, 5.41) is 23.3. The summed E-state index contributed by atoms with van der Waals surface area (Å²) < 4.78 is 10.2. The lowest BCUT2D eigenvalue weighted by Gasteiger charge is -2.20. The van der Waals surface area contributed by atoms with E-state index in [-0.39, 0.29) is 24.1 Å². The summed E-state index contributed by atoms with van der Waals surface area (Å²) in [6.45, 7) is 0.0401. The molecule has 0 heterocycles. The van der Waals surface area contributed by atoms with E-state index in [4.69, 9.17) is 15.0 Å². The van der Waals surface area contributed by atoms with E-state index in [2.05, 4.69) is 10.0 Å². The van der Waals surface area contributed by atoms with Gasteiger partial charge in [-0.05, 0) is 29.6 Å². The van der Waals surface area contributed by atoms with Crippen LogP contribution in [0.4, 0.5) is 0 Å². The number of aliphatic hydroxyl groups excluding tert-OH is 2. The number of hydrogen-bond acceptors (Lipinski definition) is 6. The van der Waals surface area contributed by atoms with Crippen molar-refractivity contribution in [3.05, 3.63) is 33.7 Å². The maximum atomic E-state index is 11.1.